The minimum Gasteiger partial charge on any atom is -0.497 e. The molecule has 1 saturated heterocycles. The molecule has 0 aromatic heterocycles. The number of ether oxygens (including phenoxy) is 1. The van der Waals surface area contributed by atoms with E-state index in [-0.39, 0.29) is 30.1 Å². The maximum absolute atomic E-state index is 13.1. The lowest BCUT2D eigenvalue weighted by Crippen LogP contribution is -2.49. The first-order valence-corrected chi connectivity index (χ1v) is 7.54. The first-order valence-electron chi connectivity index (χ1n) is 7.54. The Morgan fingerprint density at radius 2 is 1.78 bits per heavy atom. The van der Waals surface area contributed by atoms with Gasteiger partial charge in [-0.25, -0.2) is 4.39 Å². The number of carbonyl (C=O) groups excluding carboxylic acids is 1. The normalized spacial score (nSPS) is 21.3. The van der Waals surface area contributed by atoms with E-state index in [1.165, 1.54) is 12.1 Å². The van der Waals surface area contributed by atoms with Crippen LogP contribution in [0, 0.1) is 5.82 Å². The van der Waals surface area contributed by atoms with Crippen molar-refractivity contribution in [3.05, 3.63) is 59.9 Å². The maximum atomic E-state index is 13.1. The first kappa shape index (κ1) is 15.5. The second-order valence-corrected chi connectivity index (χ2v) is 5.73. The number of hydrogen-bond donors (Lipinski definition) is 1. The molecule has 1 unspecified atom stereocenters. The zero-order valence-corrected chi connectivity index (χ0v) is 12.9. The summed E-state index contributed by atoms with van der Waals surface area (Å²) in [5, 5.41) is 0. The molecule has 0 bridgehead atoms. The first-order chi connectivity index (χ1) is 11.1. The molecule has 1 heterocycles. The number of amides is 1. The molecule has 1 aliphatic heterocycles. The highest BCUT2D eigenvalue weighted by molar-refractivity contribution is 5.95. The number of methoxy groups -OCH3 is 1. The van der Waals surface area contributed by atoms with Crippen LogP contribution in [0.4, 0.5) is 10.1 Å². The molecular formula is C18H19FN2O2. The number of piperidine rings is 1. The largest absolute Gasteiger partial charge is 0.497 e. The fourth-order valence-corrected chi connectivity index (χ4v) is 2.96. The van der Waals surface area contributed by atoms with Crippen LogP contribution in [-0.2, 0) is 4.79 Å². The quantitative estimate of drug-likeness (QED) is 0.947. The Balaban J connectivity index is 1.86. The maximum Gasteiger partial charge on any atom is 0.228 e. The van der Waals surface area contributed by atoms with Crippen molar-refractivity contribution in [2.24, 2.45) is 5.73 Å². The van der Waals surface area contributed by atoms with Crippen LogP contribution in [0.2, 0.25) is 0 Å². The average Bonchev–Trinajstić information content (AvgIpc) is 2.56. The van der Waals surface area contributed by atoms with E-state index in [1.54, 1.807) is 24.1 Å². The summed E-state index contributed by atoms with van der Waals surface area (Å²) < 4.78 is 18.3. The second kappa shape index (κ2) is 6.38. The van der Waals surface area contributed by atoms with E-state index in [2.05, 4.69) is 0 Å². The highest BCUT2D eigenvalue weighted by Gasteiger charge is 2.33. The molecule has 0 aliphatic carbocycles. The van der Waals surface area contributed by atoms with E-state index in [1.807, 2.05) is 24.3 Å². The van der Waals surface area contributed by atoms with Crippen LogP contribution in [0.25, 0.3) is 0 Å². The van der Waals surface area contributed by atoms with Gasteiger partial charge < -0.3 is 15.4 Å². The summed E-state index contributed by atoms with van der Waals surface area (Å²) >= 11 is 0. The molecule has 2 N–H and O–H groups in total. The van der Waals surface area contributed by atoms with Gasteiger partial charge in [-0.2, -0.15) is 0 Å². The van der Waals surface area contributed by atoms with Crippen LogP contribution >= 0.6 is 0 Å². The third-order valence-electron chi connectivity index (χ3n) is 4.29. The van der Waals surface area contributed by atoms with Gasteiger partial charge in [0.2, 0.25) is 5.91 Å². The van der Waals surface area contributed by atoms with Gasteiger partial charge in [-0.15, -0.1) is 0 Å². The summed E-state index contributed by atoms with van der Waals surface area (Å²) in [7, 11) is 1.62. The van der Waals surface area contributed by atoms with Gasteiger partial charge in [-0.05, 0) is 42.0 Å². The number of anilines is 1. The van der Waals surface area contributed by atoms with Gasteiger partial charge in [0.15, 0.2) is 0 Å². The van der Waals surface area contributed by atoms with Gasteiger partial charge in [-0.1, -0.05) is 12.1 Å². The summed E-state index contributed by atoms with van der Waals surface area (Å²) in [5.74, 6) is 0.462. The van der Waals surface area contributed by atoms with Gasteiger partial charge in [0, 0.05) is 30.6 Å². The molecule has 0 radical (unpaired) electrons. The van der Waals surface area contributed by atoms with Crippen LogP contribution in [0.15, 0.2) is 48.5 Å². The number of carbonyl (C=O) groups is 1. The van der Waals surface area contributed by atoms with Gasteiger partial charge in [0.1, 0.15) is 11.6 Å². The topological polar surface area (TPSA) is 55.6 Å². The van der Waals surface area contributed by atoms with E-state index >= 15 is 0 Å². The number of nitrogens with two attached hydrogens (primary N) is 1. The third-order valence-corrected chi connectivity index (χ3v) is 4.29. The van der Waals surface area contributed by atoms with Crippen molar-refractivity contribution in [1.29, 1.82) is 0 Å². The van der Waals surface area contributed by atoms with Crippen molar-refractivity contribution < 1.29 is 13.9 Å². The molecule has 4 nitrogen and oxygen atoms in total. The molecule has 120 valence electrons. The van der Waals surface area contributed by atoms with Crippen molar-refractivity contribution in [1.82, 2.24) is 0 Å². The standard InChI is InChI=1S/C18H19FN2O2/c1-23-15-8-2-12(3-9-15)16-11-21(18(22)10-17(16)20)14-6-4-13(19)5-7-14/h2-9,16-17H,10-11,20H2,1H3/t16?,17-/m1/s1. The summed E-state index contributed by atoms with van der Waals surface area (Å²) in [6.45, 7) is 0.484. The van der Waals surface area contributed by atoms with Crippen LogP contribution in [0.5, 0.6) is 5.75 Å². The lowest BCUT2D eigenvalue weighted by atomic mass is 9.86. The van der Waals surface area contributed by atoms with Crippen molar-refractivity contribution in [2.75, 3.05) is 18.6 Å². The zero-order valence-electron chi connectivity index (χ0n) is 12.9. The summed E-state index contributed by atoms with van der Waals surface area (Å²) in [6, 6.07) is 13.5. The SMILES string of the molecule is COc1ccc(C2CN(c3ccc(F)cc3)C(=O)C[C@H]2N)cc1. The summed E-state index contributed by atoms with van der Waals surface area (Å²) in [5.41, 5.74) is 7.96. The Hall–Kier alpha value is -2.40. The lowest BCUT2D eigenvalue weighted by Gasteiger charge is -2.37. The molecule has 3 rings (SSSR count). The molecule has 23 heavy (non-hydrogen) atoms. The van der Waals surface area contributed by atoms with E-state index in [9.17, 15) is 9.18 Å². The Morgan fingerprint density at radius 1 is 1.13 bits per heavy atom. The van der Waals surface area contributed by atoms with Crippen molar-refractivity contribution in [2.45, 2.75) is 18.4 Å². The lowest BCUT2D eigenvalue weighted by molar-refractivity contribution is -0.120. The Kier molecular flexibility index (Phi) is 4.30. The molecule has 2 atom stereocenters. The van der Waals surface area contributed by atoms with E-state index in [0.717, 1.165) is 11.3 Å². The molecule has 1 fully saturated rings. The van der Waals surface area contributed by atoms with Crippen molar-refractivity contribution in [3.63, 3.8) is 0 Å². The minimum atomic E-state index is -0.318. The van der Waals surface area contributed by atoms with E-state index < -0.39 is 0 Å². The number of nitrogens with zero attached hydrogens (tertiary/aromatic N) is 1. The van der Waals surface area contributed by atoms with Crippen molar-refractivity contribution >= 4 is 11.6 Å². The third kappa shape index (κ3) is 3.19. The van der Waals surface area contributed by atoms with E-state index in [4.69, 9.17) is 10.5 Å². The molecule has 2 aromatic carbocycles. The number of hydrogen-bond acceptors (Lipinski definition) is 3. The fourth-order valence-electron chi connectivity index (χ4n) is 2.96. The highest BCUT2D eigenvalue weighted by atomic mass is 19.1. The minimum absolute atomic E-state index is 0.0312. The molecule has 2 aromatic rings. The van der Waals surface area contributed by atoms with Gasteiger partial charge in [0.25, 0.3) is 0 Å². The predicted octanol–water partition coefficient (Wildman–Crippen LogP) is 2.68. The molecule has 0 saturated carbocycles. The predicted molar refractivity (Wildman–Crippen MR) is 87.1 cm³/mol. The molecular weight excluding hydrogens is 295 g/mol. The van der Waals surface area contributed by atoms with Crippen LogP contribution in [0.3, 0.4) is 0 Å². The molecule has 5 heteroatoms. The van der Waals surface area contributed by atoms with Crippen LogP contribution < -0.4 is 15.4 Å². The number of rotatable bonds is 3. The number of halogens is 1. The Bertz CT molecular complexity index is 685. The van der Waals surface area contributed by atoms with Crippen LogP contribution in [0.1, 0.15) is 17.9 Å². The Morgan fingerprint density at radius 3 is 2.39 bits per heavy atom. The van der Waals surface area contributed by atoms with E-state index in [0.29, 0.717) is 12.2 Å². The molecule has 1 amide bonds. The monoisotopic (exact) mass is 314 g/mol. The average molecular weight is 314 g/mol. The number of benzene rings is 2. The second-order valence-electron chi connectivity index (χ2n) is 5.73. The smallest absolute Gasteiger partial charge is 0.228 e. The highest BCUT2D eigenvalue weighted by Crippen LogP contribution is 2.31. The fraction of sp³-hybridized carbons (Fsp3) is 0.278. The summed E-state index contributed by atoms with van der Waals surface area (Å²) in [4.78, 5) is 14.0. The van der Waals surface area contributed by atoms with Gasteiger partial charge in [-0.3, -0.25) is 4.79 Å². The Labute approximate surface area is 134 Å². The van der Waals surface area contributed by atoms with Gasteiger partial charge in [0.05, 0.1) is 7.11 Å². The summed E-state index contributed by atoms with van der Waals surface area (Å²) in [6.07, 6.45) is 0.272. The van der Waals surface area contributed by atoms with Crippen LogP contribution in [-0.4, -0.2) is 25.6 Å². The van der Waals surface area contributed by atoms with Gasteiger partial charge >= 0.3 is 0 Å². The molecule has 1 aliphatic rings. The molecule has 0 spiro atoms. The van der Waals surface area contributed by atoms with Crippen molar-refractivity contribution in [3.8, 4) is 5.75 Å². The zero-order chi connectivity index (χ0) is 16.4.